The number of fused-ring (bicyclic) bond motifs is 1. The van der Waals surface area contributed by atoms with E-state index in [0.29, 0.717) is 51.3 Å². The first-order valence-corrected chi connectivity index (χ1v) is 17.7. The molecular weight excluding hydrogens is 638 g/mol. The molecule has 1 saturated heterocycles. The number of aromatic nitrogens is 3. The number of alkyl halides is 2. The third kappa shape index (κ3) is 6.76. The number of carbonyl (C=O) groups is 1. The number of aromatic amines is 1. The molecule has 2 aliphatic heterocycles. The standard InChI is InChI=1S/C35H44F2N6O4S/c1-20-15-28(48-6)27(32(45)41-20)19-38-31(44)25-16-26(22-17-39-33(40-18-22)43-13-11-35(36,37)12-14-43)30-29(21(25)2)46-34(3,47-30)23-7-9-24(10-8-23)42(4)5/h15-18,23-24H,7-14,19H2,1-6H3,(H,38,44)(H,41,45). The van der Waals surface area contributed by atoms with Gasteiger partial charge in [-0.1, -0.05) is 0 Å². The summed E-state index contributed by atoms with van der Waals surface area (Å²) in [6.45, 7) is 6.02. The molecule has 0 spiro atoms. The minimum absolute atomic E-state index is 0.0490. The van der Waals surface area contributed by atoms with Crippen LogP contribution in [0, 0.1) is 19.8 Å². The summed E-state index contributed by atoms with van der Waals surface area (Å²) in [6, 6.07) is 4.16. The van der Waals surface area contributed by atoms with Gasteiger partial charge in [0.15, 0.2) is 11.5 Å². The van der Waals surface area contributed by atoms with Crippen molar-refractivity contribution in [2.45, 2.75) is 88.5 Å². The van der Waals surface area contributed by atoms with Crippen LogP contribution in [0.5, 0.6) is 11.5 Å². The molecule has 1 atom stereocenters. The van der Waals surface area contributed by atoms with Crippen LogP contribution in [-0.2, 0) is 6.54 Å². The van der Waals surface area contributed by atoms with Gasteiger partial charge in [0.25, 0.3) is 23.2 Å². The predicted molar refractivity (Wildman–Crippen MR) is 182 cm³/mol. The SMILES string of the molecule is CSc1cc(C)[nH]c(=O)c1CNC(=O)c1cc(-c2cnc(N3CCC(F)(F)CC3)nc2)c2c(c1C)OC(C)(C1CCC(N(C)C)CC1)O2. The molecule has 2 fully saturated rings. The number of rotatable bonds is 8. The molecule has 258 valence electrons. The van der Waals surface area contributed by atoms with Crippen LogP contribution in [0.15, 0.2) is 34.2 Å². The smallest absolute Gasteiger partial charge is 0.254 e. The summed E-state index contributed by atoms with van der Waals surface area (Å²) in [7, 11) is 4.22. The number of benzene rings is 1. The maximum Gasteiger partial charge on any atom is 0.254 e. The Morgan fingerprint density at radius 2 is 1.73 bits per heavy atom. The zero-order valence-corrected chi connectivity index (χ0v) is 29.2. The summed E-state index contributed by atoms with van der Waals surface area (Å²) >= 11 is 1.45. The molecule has 13 heteroatoms. The van der Waals surface area contributed by atoms with E-state index in [4.69, 9.17) is 9.47 Å². The van der Waals surface area contributed by atoms with Crippen LogP contribution >= 0.6 is 11.8 Å². The van der Waals surface area contributed by atoms with Gasteiger partial charge in [0.1, 0.15) is 0 Å². The van der Waals surface area contributed by atoms with Gasteiger partial charge >= 0.3 is 0 Å². The number of nitrogens with zero attached hydrogens (tertiary/aromatic N) is 4. The quantitative estimate of drug-likeness (QED) is 0.279. The van der Waals surface area contributed by atoms with Crippen LogP contribution in [-0.4, -0.2) is 77.0 Å². The Bertz CT molecular complexity index is 1730. The topological polar surface area (TPSA) is 113 Å². The van der Waals surface area contributed by atoms with E-state index >= 15 is 0 Å². The van der Waals surface area contributed by atoms with Crippen molar-refractivity contribution in [2.24, 2.45) is 5.92 Å². The van der Waals surface area contributed by atoms with Crippen molar-refractivity contribution in [3.63, 3.8) is 0 Å². The molecule has 0 radical (unpaired) electrons. The number of thioether (sulfide) groups is 1. The van der Waals surface area contributed by atoms with Gasteiger partial charge in [-0.05, 0) is 72.0 Å². The van der Waals surface area contributed by atoms with E-state index in [1.54, 1.807) is 23.4 Å². The van der Waals surface area contributed by atoms with Crippen molar-refractivity contribution in [1.29, 1.82) is 0 Å². The summed E-state index contributed by atoms with van der Waals surface area (Å²) in [4.78, 5) is 43.3. The average molecular weight is 683 g/mol. The Labute approximate surface area is 284 Å². The van der Waals surface area contributed by atoms with Crippen LogP contribution < -0.4 is 25.2 Å². The monoisotopic (exact) mass is 682 g/mol. The van der Waals surface area contributed by atoms with Gasteiger partial charge in [-0.15, -0.1) is 11.8 Å². The molecule has 2 N–H and O–H groups in total. The van der Waals surface area contributed by atoms with Crippen molar-refractivity contribution in [2.75, 3.05) is 38.3 Å². The molecule has 1 aliphatic carbocycles. The van der Waals surface area contributed by atoms with Gasteiger partial charge in [-0.25, -0.2) is 18.7 Å². The first-order valence-electron chi connectivity index (χ1n) is 16.5. The number of H-pyrrole nitrogens is 1. The largest absolute Gasteiger partial charge is 0.448 e. The summed E-state index contributed by atoms with van der Waals surface area (Å²) < 4.78 is 41.0. The van der Waals surface area contributed by atoms with E-state index in [1.807, 2.05) is 33.1 Å². The third-order valence-corrected chi connectivity index (χ3v) is 10.9. The zero-order valence-electron chi connectivity index (χ0n) is 28.4. The summed E-state index contributed by atoms with van der Waals surface area (Å²) in [5, 5.41) is 2.95. The molecule has 48 heavy (non-hydrogen) atoms. The second-order valence-corrected chi connectivity index (χ2v) is 14.4. The van der Waals surface area contributed by atoms with Crippen molar-refractivity contribution in [3.05, 3.63) is 57.3 Å². The number of carbonyl (C=O) groups excluding carboxylic acids is 1. The molecule has 1 saturated carbocycles. The Morgan fingerprint density at radius 1 is 1.08 bits per heavy atom. The normalized spacial score (nSPS) is 23.4. The number of pyridine rings is 1. The van der Waals surface area contributed by atoms with E-state index < -0.39 is 11.7 Å². The lowest BCUT2D eigenvalue weighted by molar-refractivity contribution is -0.123. The highest BCUT2D eigenvalue weighted by Gasteiger charge is 2.48. The molecule has 3 aromatic rings. The van der Waals surface area contributed by atoms with E-state index in [-0.39, 0.29) is 49.9 Å². The molecule has 1 unspecified atom stereocenters. The number of anilines is 1. The highest BCUT2D eigenvalue weighted by molar-refractivity contribution is 7.98. The van der Waals surface area contributed by atoms with Gasteiger partial charge in [0.05, 0.1) is 0 Å². The lowest BCUT2D eigenvalue weighted by atomic mass is 9.81. The molecular formula is C35H44F2N6O4S. The lowest BCUT2D eigenvalue weighted by Gasteiger charge is -2.39. The van der Waals surface area contributed by atoms with Crippen LogP contribution in [0.2, 0.25) is 0 Å². The first-order chi connectivity index (χ1) is 22.8. The fourth-order valence-electron chi connectivity index (χ4n) is 7.07. The first kappa shape index (κ1) is 34.2. The van der Waals surface area contributed by atoms with Gasteiger partial charge in [-0.2, -0.15) is 0 Å². The molecule has 3 aliphatic rings. The Balaban J connectivity index is 1.33. The van der Waals surface area contributed by atoms with Crippen molar-refractivity contribution in [1.82, 2.24) is 25.2 Å². The number of nitrogens with one attached hydrogen (secondary N) is 2. The van der Waals surface area contributed by atoms with Crippen molar-refractivity contribution < 1.29 is 23.0 Å². The Morgan fingerprint density at radius 3 is 2.35 bits per heavy atom. The third-order valence-electron chi connectivity index (χ3n) is 10.1. The van der Waals surface area contributed by atoms with E-state index in [1.165, 1.54) is 11.8 Å². The lowest BCUT2D eigenvalue weighted by Crippen LogP contribution is -2.46. The van der Waals surface area contributed by atoms with Gasteiger partial charge in [0, 0.05) is 102 Å². The number of aryl methyl sites for hydroxylation is 1. The summed E-state index contributed by atoms with van der Waals surface area (Å²) in [5.41, 5.74) is 3.21. The van der Waals surface area contributed by atoms with Crippen LogP contribution in [0.25, 0.3) is 11.1 Å². The van der Waals surface area contributed by atoms with Crippen molar-refractivity contribution in [3.8, 4) is 22.6 Å². The van der Waals surface area contributed by atoms with Crippen LogP contribution in [0.3, 0.4) is 0 Å². The van der Waals surface area contributed by atoms with Crippen LogP contribution in [0.4, 0.5) is 14.7 Å². The van der Waals surface area contributed by atoms with Crippen molar-refractivity contribution >= 4 is 23.6 Å². The van der Waals surface area contributed by atoms with E-state index in [2.05, 4.69) is 39.3 Å². The minimum atomic E-state index is -2.67. The molecule has 6 rings (SSSR count). The average Bonchev–Trinajstić information content (AvgIpc) is 3.43. The van der Waals surface area contributed by atoms with E-state index in [0.717, 1.165) is 36.3 Å². The molecule has 0 bridgehead atoms. The highest BCUT2D eigenvalue weighted by atomic mass is 32.2. The minimum Gasteiger partial charge on any atom is -0.448 e. The van der Waals surface area contributed by atoms with Crippen LogP contribution in [0.1, 0.15) is 72.6 Å². The second kappa shape index (κ2) is 13.3. The number of halogens is 2. The van der Waals surface area contributed by atoms with Gasteiger partial charge in [0.2, 0.25) is 5.95 Å². The number of amides is 1. The maximum absolute atomic E-state index is 13.8. The maximum atomic E-state index is 13.8. The van der Waals surface area contributed by atoms with Gasteiger partial charge < -0.3 is 29.6 Å². The molecule has 1 amide bonds. The number of piperidine rings is 1. The second-order valence-electron chi connectivity index (χ2n) is 13.6. The highest BCUT2D eigenvalue weighted by Crippen LogP contribution is 2.53. The molecule has 1 aromatic carbocycles. The Kier molecular flexibility index (Phi) is 9.47. The summed E-state index contributed by atoms with van der Waals surface area (Å²) in [5.74, 6) is -2.43. The fraction of sp³-hybridized carbons (Fsp3) is 0.543. The molecule has 10 nitrogen and oxygen atoms in total. The number of hydrogen-bond donors (Lipinski definition) is 2. The summed E-state index contributed by atoms with van der Waals surface area (Å²) in [6.07, 6.45) is 8.62. The number of ether oxygens (including phenoxy) is 2. The zero-order chi connectivity index (χ0) is 34.4. The fourth-order valence-corrected chi connectivity index (χ4v) is 7.78. The molecule has 4 heterocycles. The Hall–Kier alpha value is -3.71. The predicted octanol–water partition coefficient (Wildman–Crippen LogP) is 5.94. The number of hydrogen-bond acceptors (Lipinski definition) is 9. The van der Waals surface area contributed by atoms with E-state index in [9.17, 15) is 18.4 Å². The molecule has 2 aromatic heterocycles. The van der Waals surface area contributed by atoms with Gasteiger partial charge in [-0.3, -0.25) is 9.59 Å².